The summed E-state index contributed by atoms with van der Waals surface area (Å²) in [4.78, 5) is 33.5. The Bertz CT molecular complexity index is 800. The lowest BCUT2D eigenvalue weighted by atomic mass is 10.2. The Morgan fingerprint density at radius 2 is 1.96 bits per heavy atom. The summed E-state index contributed by atoms with van der Waals surface area (Å²) in [5, 5.41) is 0.468. The number of aryl methyl sites for hydroxylation is 2. The molecule has 1 amide bonds. The van der Waals surface area contributed by atoms with Crippen LogP contribution < -0.4 is 5.56 Å². The third kappa shape index (κ3) is 3.08. The summed E-state index contributed by atoms with van der Waals surface area (Å²) >= 11 is 0. The van der Waals surface area contributed by atoms with Gasteiger partial charge < -0.3 is 9.32 Å². The molecular weight excluding hydrogens is 308 g/mol. The van der Waals surface area contributed by atoms with Gasteiger partial charge in [0.2, 0.25) is 11.6 Å². The number of fused-ring (bicyclic) bond motifs is 1. The van der Waals surface area contributed by atoms with E-state index in [1.165, 1.54) is 10.9 Å². The molecule has 7 nitrogen and oxygen atoms in total. The fourth-order valence-corrected chi connectivity index (χ4v) is 3.17. The molecule has 130 valence electrons. The first kappa shape index (κ1) is 16.7. The van der Waals surface area contributed by atoms with Crippen molar-refractivity contribution in [3.8, 4) is 0 Å². The van der Waals surface area contributed by atoms with Crippen LogP contribution in [0.2, 0.25) is 0 Å². The van der Waals surface area contributed by atoms with Crippen LogP contribution in [0.15, 0.2) is 15.5 Å². The molecule has 1 saturated heterocycles. The summed E-state index contributed by atoms with van der Waals surface area (Å²) in [6.45, 7) is 10.1. The molecule has 1 aliphatic heterocycles. The Morgan fingerprint density at radius 3 is 2.62 bits per heavy atom. The topological polar surface area (TPSA) is 71.6 Å². The number of aromatic nitrogens is 2. The fraction of sp³-hybridized carbons (Fsp3) is 0.588. The van der Waals surface area contributed by atoms with Crippen LogP contribution >= 0.6 is 0 Å². The van der Waals surface area contributed by atoms with Crippen LogP contribution in [0.1, 0.15) is 24.7 Å². The second-order valence-corrected chi connectivity index (χ2v) is 6.36. The van der Waals surface area contributed by atoms with E-state index in [4.69, 9.17) is 4.42 Å². The number of carbonyl (C=O) groups is 1. The minimum absolute atomic E-state index is 0.0270. The standard InChI is InChI=1S/C17H24N4O3/c1-4-5-19-6-8-20(9-7-19)14(22)10-21-11-18-16-15(17(21)23)12(2)13(3)24-16/h11H,4-10H2,1-3H3. The van der Waals surface area contributed by atoms with Gasteiger partial charge >= 0.3 is 0 Å². The minimum Gasteiger partial charge on any atom is -0.443 e. The van der Waals surface area contributed by atoms with Crippen LogP contribution in [-0.4, -0.2) is 58.0 Å². The van der Waals surface area contributed by atoms with Gasteiger partial charge in [-0.25, -0.2) is 4.98 Å². The van der Waals surface area contributed by atoms with Gasteiger partial charge in [-0.1, -0.05) is 6.92 Å². The number of hydrogen-bond donors (Lipinski definition) is 0. The molecule has 24 heavy (non-hydrogen) atoms. The molecular formula is C17H24N4O3. The Labute approximate surface area is 140 Å². The van der Waals surface area contributed by atoms with Gasteiger partial charge in [-0.2, -0.15) is 0 Å². The maximum atomic E-state index is 12.6. The van der Waals surface area contributed by atoms with E-state index in [-0.39, 0.29) is 18.0 Å². The second kappa shape index (κ2) is 6.76. The Morgan fingerprint density at radius 1 is 1.25 bits per heavy atom. The van der Waals surface area contributed by atoms with Gasteiger partial charge in [0.1, 0.15) is 24.0 Å². The minimum atomic E-state index is -0.215. The number of nitrogens with zero attached hydrogens (tertiary/aromatic N) is 4. The molecule has 0 aliphatic carbocycles. The van der Waals surface area contributed by atoms with Gasteiger partial charge in [-0.15, -0.1) is 0 Å². The normalized spacial score (nSPS) is 16.0. The van der Waals surface area contributed by atoms with Crippen molar-refractivity contribution in [1.29, 1.82) is 0 Å². The highest BCUT2D eigenvalue weighted by atomic mass is 16.3. The largest absolute Gasteiger partial charge is 0.443 e. The lowest BCUT2D eigenvalue weighted by Gasteiger charge is -2.34. The molecule has 2 aromatic rings. The average molecular weight is 332 g/mol. The molecule has 0 radical (unpaired) electrons. The second-order valence-electron chi connectivity index (χ2n) is 6.36. The monoisotopic (exact) mass is 332 g/mol. The van der Waals surface area contributed by atoms with E-state index in [0.29, 0.717) is 29.9 Å². The molecule has 2 aromatic heterocycles. The summed E-state index contributed by atoms with van der Waals surface area (Å²) in [6, 6.07) is 0. The highest BCUT2D eigenvalue weighted by Gasteiger charge is 2.22. The van der Waals surface area contributed by atoms with Crippen LogP contribution in [0, 0.1) is 13.8 Å². The predicted octanol–water partition coefficient (Wildman–Crippen LogP) is 1.16. The average Bonchev–Trinajstić information content (AvgIpc) is 2.86. The van der Waals surface area contributed by atoms with Crippen molar-refractivity contribution in [2.24, 2.45) is 0 Å². The van der Waals surface area contributed by atoms with Crippen molar-refractivity contribution in [3.63, 3.8) is 0 Å². The molecule has 0 spiro atoms. The van der Waals surface area contributed by atoms with Crippen molar-refractivity contribution in [3.05, 3.63) is 28.0 Å². The highest BCUT2D eigenvalue weighted by Crippen LogP contribution is 2.19. The number of furan rings is 1. The Kier molecular flexibility index (Phi) is 4.71. The maximum Gasteiger partial charge on any atom is 0.265 e. The van der Waals surface area contributed by atoms with Crippen molar-refractivity contribution in [2.45, 2.75) is 33.7 Å². The molecule has 1 aliphatic rings. The molecule has 0 aromatic carbocycles. The number of amides is 1. The molecule has 0 N–H and O–H groups in total. The number of hydrogen-bond acceptors (Lipinski definition) is 5. The molecule has 0 bridgehead atoms. The van der Waals surface area contributed by atoms with E-state index in [0.717, 1.165) is 31.6 Å². The zero-order valence-corrected chi connectivity index (χ0v) is 14.5. The van der Waals surface area contributed by atoms with Crippen molar-refractivity contribution >= 4 is 17.0 Å². The van der Waals surface area contributed by atoms with Gasteiger partial charge in [-0.05, 0) is 26.8 Å². The van der Waals surface area contributed by atoms with Gasteiger partial charge in [0.15, 0.2) is 0 Å². The maximum absolute atomic E-state index is 12.6. The van der Waals surface area contributed by atoms with Crippen molar-refractivity contribution in [2.75, 3.05) is 32.7 Å². The summed E-state index contributed by atoms with van der Waals surface area (Å²) in [7, 11) is 0. The van der Waals surface area contributed by atoms with Gasteiger partial charge in [-0.3, -0.25) is 19.1 Å². The first-order chi connectivity index (χ1) is 11.5. The van der Waals surface area contributed by atoms with E-state index < -0.39 is 0 Å². The molecule has 0 atom stereocenters. The molecule has 3 rings (SSSR count). The summed E-state index contributed by atoms with van der Waals surface area (Å²) in [5.41, 5.74) is 0.914. The first-order valence-corrected chi connectivity index (χ1v) is 8.46. The van der Waals surface area contributed by atoms with Crippen molar-refractivity contribution in [1.82, 2.24) is 19.4 Å². The zero-order chi connectivity index (χ0) is 17.3. The fourth-order valence-electron chi connectivity index (χ4n) is 3.17. The Balaban J connectivity index is 1.73. The van der Waals surface area contributed by atoms with E-state index >= 15 is 0 Å². The van der Waals surface area contributed by atoms with Crippen LogP contribution in [0.25, 0.3) is 11.1 Å². The molecule has 1 fully saturated rings. The van der Waals surface area contributed by atoms with Crippen LogP contribution in [0.3, 0.4) is 0 Å². The smallest absolute Gasteiger partial charge is 0.265 e. The van der Waals surface area contributed by atoms with E-state index in [1.807, 2.05) is 18.7 Å². The number of piperazine rings is 1. The lowest BCUT2D eigenvalue weighted by Crippen LogP contribution is -2.50. The van der Waals surface area contributed by atoms with Gasteiger partial charge in [0.05, 0.1) is 0 Å². The lowest BCUT2D eigenvalue weighted by molar-refractivity contribution is -0.133. The number of carbonyl (C=O) groups excluding carboxylic acids is 1. The van der Waals surface area contributed by atoms with E-state index in [1.54, 1.807) is 0 Å². The summed E-state index contributed by atoms with van der Waals surface area (Å²) < 4.78 is 6.85. The summed E-state index contributed by atoms with van der Waals surface area (Å²) in [5.74, 6) is 0.651. The van der Waals surface area contributed by atoms with Crippen LogP contribution in [0.5, 0.6) is 0 Å². The third-order valence-corrected chi connectivity index (χ3v) is 4.73. The third-order valence-electron chi connectivity index (χ3n) is 4.73. The SMILES string of the molecule is CCCN1CCN(C(=O)Cn2cnc3oc(C)c(C)c3c2=O)CC1. The quantitative estimate of drug-likeness (QED) is 0.840. The van der Waals surface area contributed by atoms with E-state index in [2.05, 4.69) is 16.8 Å². The highest BCUT2D eigenvalue weighted by molar-refractivity contribution is 5.79. The Hall–Kier alpha value is -2.15. The summed E-state index contributed by atoms with van der Waals surface area (Å²) in [6.07, 6.45) is 2.52. The molecule has 0 saturated carbocycles. The van der Waals surface area contributed by atoms with Gasteiger partial charge in [0.25, 0.3) is 5.56 Å². The van der Waals surface area contributed by atoms with E-state index in [9.17, 15) is 9.59 Å². The molecule has 3 heterocycles. The predicted molar refractivity (Wildman–Crippen MR) is 91.1 cm³/mol. The van der Waals surface area contributed by atoms with Crippen LogP contribution in [0.4, 0.5) is 0 Å². The van der Waals surface area contributed by atoms with Crippen LogP contribution in [-0.2, 0) is 11.3 Å². The first-order valence-electron chi connectivity index (χ1n) is 8.46. The van der Waals surface area contributed by atoms with Crippen molar-refractivity contribution < 1.29 is 9.21 Å². The van der Waals surface area contributed by atoms with Gasteiger partial charge in [0, 0.05) is 31.7 Å². The number of rotatable bonds is 4. The molecule has 0 unspecified atom stereocenters. The molecule has 7 heteroatoms. The zero-order valence-electron chi connectivity index (χ0n) is 14.5.